The zero-order valence-corrected chi connectivity index (χ0v) is 10.4. The molecule has 0 aliphatic carbocycles. The molecule has 6 nitrogen and oxygen atoms in total. The average Bonchev–Trinajstić information content (AvgIpc) is 2.82. The van der Waals surface area contributed by atoms with Gasteiger partial charge in [0.2, 0.25) is 0 Å². The lowest BCUT2D eigenvalue weighted by Gasteiger charge is -2.05. The molecule has 1 aromatic heterocycles. The van der Waals surface area contributed by atoms with Crippen molar-refractivity contribution >= 4 is 15.8 Å². The molecule has 2 aromatic rings. The molecule has 0 amide bonds. The van der Waals surface area contributed by atoms with E-state index in [-0.39, 0.29) is 10.7 Å². The highest BCUT2D eigenvalue weighted by Crippen LogP contribution is 2.15. The molecular formula is C11H13N3O3S. The Morgan fingerprint density at radius 2 is 1.94 bits per heavy atom. The van der Waals surface area contributed by atoms with E-state index in [1.165, 1.54) is 24.5 Å². The first-order valence-electron chi connectivity index (χ1n) is 5.34. The number of nitrogens with one attached hydrogen (secondary N) is 1. The van der Waals surface area contributed by atoms with Crippen LogP contribution in [-0.4, -0.2) is 20.1 Å². The Kier molecular flexibility index (Phi) is 3.63. The van der Waals surface area contributed by atoms with E-state index in [2.05, 4.69) is 14.4 Å². The van der Waals surface area contributed by atoms with Crippen molar-refractivity contribution in [3.8, 4) is 0 Å². The topological polar surface area (TPSA) is 98.2 Å². The van der Waals surface area contributed by atoms with Crippen molar-refractivity contribution in [1.29, 1.82) is 0 Å². The van der Waals surface area contributed by atoms with Crippen molar-refractivity contribution in [3.63, 3.8) is 0 Å². The Morgan fingerprint density at radius 3 is 2.50 bits per heavy atom. The summed E-state index contributed by atoms with van der Waals surface area (Å²) in [5.74, 6) is 0.154. The van der Waals surface area contributed by atoms with Gasteiger partial charge in [-0.05, 0) is 30.7 Å². The number of sulfonamides is 1. The first kappa shape index (κ1) is 12.6. The third-order valence-corrected chi connectivity index (χ3v) is 3.71. The second kappa shape index (κ2) is 5.19. The van der Waals surface area contributed by atoms with Crippen LogP contribution in [-0.2, 0) is 16.4 Å². The normalized spacial score (nSPS) is 11.4. The van der Waals surface area contributed by atoms with Gasteiger partial charge >= 0.3 is 0 Å². The third kappa shape index (κ3) is 2.88. The largest absolute Gasteiger partial charge is 0.363 e. The van der Waals surface area contributed by atoms with Crippen molar-refractivity contribution in [2.24, 2.45) is 5.73 Å². The van der Waals surface area contributed by atoms with E-state index in [9.17, 15) is 8.42 Å². The number of hydrogen-bond acceptors (Lipinski definition) is 5. The fourth-order valence-corrected chi connectivity index (χ4v) is 2.46. The van der Waals surface area contributed by atoms with Gasteiger partial charge in [0.1, 0.15) is 6.26 Å². The average molecular weight is 267 g/mol. The van der Waals surface area contributed by atoms with Crippen LogP contribution in [0.5, 0.6) is 0 Å². The first-order chi connectivity index (χ1) is 8.62. The molecule has 96 valence electrons. The van der Waals surface area contributed by atoms with Crippen LogP contribution in [0.4, 0.5) is 5.82 Å². The summed E-state index contributed by atoms with van der Waals surface area (Å²) in [6.45, 7) is 0.531. The number of rotatable bonds is 5. The molecule has 0 saturated carbocycles. The second-order valence-electron chi connectivity index (χ2n) is 3.67. The SMILES string of the molecule is NCCc1ccc(S(=O)(=O)Nc2ccon2)cc1. The summed E-state index contributed by atoms with van der Waals surface area (Å²) in [4.78, 5) is 0.172. The van der Waals surface area contributed by atoms with Gasteiger partial charge in [0.05, 0.1) is 4.90 Å². The second-order valence-corrected chi connectivity index (χ2v) is 5.36. The number of nitrogens with two attached hydrogens (primary N) is 1. The van der Waals surface area contributed by atoms with E-state index in [1.807, 2.05) is 0 Å². The number of nitrogens with zero attached hydrogens (tertiary/aromatic N) is 1. The van der Waals surface area contributed by atoms with Gasteiger partial charge in [-0.2, -0.15) is 0 Å². The molecule has 0 aliphatic rings. The standard InChI is InChI=1S/C11H13N3O3S/c12-7-5-9-1-3-10(4-2-9)18(15,16)14-11-6-8-17-13-11/h1-4,6,8H,5,7,12H2,(H,13,14). The van der Waals surface area contributed by atoms with E-state index in [0.29, 0.717) is 6.54 Å². The Bertz CT molecular complexity index is 591. The molecule has 0 aliphatic heterocycles. The van der Waals surface area contributed by atoms with E-state index in [0.717, 1.165) is 12.0 Å². The highest BCUT2D eigenvalue weighted by molar-refractivity contribution is 7.92. The van der Waals surface area contributed by atoms with E-state index >= 15 is 0 Å². The van der Waals surface area contributed by atoms with Crippen LogP contribution < -0.4 is 10.5 Å². The Balaban J connectivity index is 2.19. The van der Waals surface area contributed by atoms with E-state index < -0.39 is 10.0 Å². The lowest BCUT2D eigenvalue weighted by atomic mass is 10.2. The molecule has 0 bridgehead atoms. The summed E-state index contributed by atoms with van der Waals surface area (Å²) >= 11 is 0. The summed E-state index contributed by atoms with van der Waals surface area (Å²) in [5.41, 5.74) is 6.42. The number of hydrogen-bond donors (Lipinski definition) is 2. The number of anilines is 1. The maximum Gasteiger partial charge on any atom is 0.263 e. The van der Waals surface area contributed by atoms with Crippen LogP contribution in [0.1, 0.15) is 5.56 Å². The van der Waals surface area contributed by atoms with Crippen LogP contribution in [0, 0.1) is 0 Å². The number of benzene rings is 1. The minimum atomic E-state index is -3.62. The van der Waals surface area contributed by atoms with Crippen LogP contribution in [0.3, 0.4) is 0 Å². The lowest BCUT2D eigenvalue weighted by Crippen LogP contribution is -2.13. The number of aromatic nitrogens is 1. The van der Waals surface area contributed by atoms with Gasteiger partial charge in [0.15, 0.2) is 5.82 Å². The lowest BCUT2D eigenvalue weighted by molar-refractivity contribution is 0.423. The molecule has 18 heavy (non-hydrogen) atoms. The summed E-state index contributed by atoms with van der Waals surface area (Å²) in [6, 6.07) is 7.98. The van der Waals surface area contributed by atoms with Gasteiger partial charge in [-0.1, -0.05) is 17.3 Å². The zero-order chi connectivity index (χ0) is 13.0. The first-order valence-corrected chi connectivity index (χ1v) is 6.82. The quantitative estimate of drug-likeness (QED) is 0.841. The minimum absolute atomic E-state index is 0.154. The van der Waals surface area contributed by atoms with Gasteiger partial charge in [-0.25, -0.2) is 8.42 Å². The maximum absolute atomic E-state index is 12.0. The molecule has 2 rings (SSSR count). The van der Waals surface area contributed by atoms with E-state index in [1.54, 1.807) is 12.1 Å². The van der Waals surface area contributed by atoms with Crippen LogP contribution in [0.25, 0.3) is 0 Å². The highest BCUT2D eigenvalue weighted by Gasteiger charge is 2.15. The van der Waals surface area contributed by atoms with Gasteiger partial charge in [-0.3, -0.25) is 4.72 Å². The summed E-state index contributed by atoms with van der Waals surface area (Å²) in [7, 11) is -3.62. The zero-order valence-electron chi connectivity index (χ0n) is 9.54. The molecule has 0 fully saturated rings. The molecule has 0 saturated heterocycles. The summed E-state index contributed by atoms with van der Waals surface area (Å²) in [6.07, 6.45) is 2.01. The molecule has 0 atom stereocenters. The predicted molar refractivity (Wildman–Crippen MR) is 66.5 cm³/mol. The van der Waals surface area contributed by atoms with E-state index in [4.69, 9.17) is 5.73 Å². The fourth-order valence-electron chi connectivity index (χ4n) is 1.46. The van der Waals surface area contributed by atoms with Crippen molar-refractivity contribution in [1.82, 2.24) is 5.16 Å². The van der Waals surface area contributed by atoms with Crippen molar-refractivity contribution in [2.45, 2.75) is 11.3 Å². The molecule has 3 N–H and O–H groups in total. The molecule has 7 heteroatoms. The Morgan fingerprint density at radius 1 is 1.22 bits per heavy atom. The molecular weight excluding hydrogens is 254 g/mol. The van der Waals surface area contributed by atoms with Gasteiger partial charge in [0, 0.05) is 6.07 Å². The molecule has 0 radical (unpaired) electrons. The molecule has 1 heterocycles. The summed E-state index contributed by atoms with van der Waals surface area (Å²) in [5, 5.41) is 3.49. The molecule has 1 aromatic carbocycles. The Labute approximate surface area is 105 Å². The monoisotopic (exact) mass is 267 g/mol. The predicted octanol–water partition coefficient (Wildman–Crippen LogP) is 0.977. The van der Waals surface area contributed by atoms with Crippen molar-refractivity contribution in [2.75, 3.05) is 11.3 Å². The van der Waals surface area contributed by atoms with Gasteiger partial charge in [0.25, 0.3) is 10.0 Å². The molecule has 0 spiro atoms. The Hall–Kier alpha value is -1.86. The minimum Gasteiger partial charge on any atom is -0.363 e. The highest BCUT2D eigenvalue weighted by atomic mass is 32.2. The third-order valence-electron chi connectivity index (χ3n) is 2.34. The van der Waals surface area contributed by atoms with Gasteiger partial charge < -0.3 is 10.3 Å². The smallest absolute Gasteiger partial charge is 0.263 e. The fraction of sp³-hybridized carbons (Fsp3) is 0.182. The van der Waals surface area contributed by atoms with Crippen molar-refractivity contribution < 1.29 is 12.9 Å². The van der Waals surface area contributed by atoms with Crippen LogP contribution in [0.15, 0.2) is 46.0 Å². The van der Waals surface area contributed by atoms with Crippen LogP contribution >= 0.6 is 0 Å². The van der Waals surface area contributed by atoms with Gasteiger partial charge in [-0.15, -0.1) is 0 Å². The maximum atomic E-state index is 12.0. The van der Waals surface area contributed by atoms with Crippen molar-refractivity contribution in [3.05, 3.63) is 42.2 Å². The summed E-state index contributed by atoms with van der Waals surface area (Å²) < 4.78 is 30.8. The van der Waals surface area contributed by atoms with Crippen LogP contribution in [0.2, 0.25) is 0 Å². The molecule has 0 unspecified atom stereocenters.